The van der Waals surface area contributed by atoms with Crippen molar-refractivity contribution < 1.29 is 9.59 Å². The fourth-order valence-corrected chi connectivity index (χ4v) is 5.15. The molecule has 2 heterocycles. The molecule has 3 aromatic rings. The number of hydrogen-bond donors (Lipinski definition) is 2. The van der Waals surface area contributed by atoms with E-state index in [9.17, 15) is 9.59 Å². The maximum atomic E-state index is 13.1. The standard InChI is InChI=1S/C31H34N4O2/c1-2-28(23-9-5-3-6-10-23)33-30(36)24-13-16-29-26(19-24)27(31(37)34-29)20-32-25-14-11-22(12-15-25)21-35-17-7-4-8-18-35/h3,5-6,9-16,19-20,27-28H,2,4,7-8,17-18,21H2,1H3,(H,33,36)(H,34,37)/t27?,28-/m1/s1. The second kappa shape index (κ2) is 11.5. The molecule has 2 amide bonds. The van der Waals surface area contributed by atoms with Gasteiger partial charge in [-0.1, -0.05) is 55.8 Å². The molecule has 3 aromatic carbocycles. The number of fused-ring (bicyclic) bond motifs is 1. The van der Waals surface area contributed by atoms with Crippen LogP contribution in [0.15, 0.2) is 77.8 Å². The van der Waals surface area contributed by atoms with Crippen molar-refractivity contribution in [2.75, 3.05) is 18.4 Å². The number of hydrogen-bond acceptors (Lipinski definition) is 4. The minimum absolute atomic E-state index is 0.0723. The number of likely N-dealkylation sites (tertiary alicyclic amines) is 1. The molecule has 1 saturated heterocycles. The third-order valence-corrected chi connectivity index (χ3v) is 7.27. The molecular formula is C31H34N4O2. The number of amides is 2. The fourth-order valence-electron chi connectivity index (χ4n) is 5.15. The molecule has 6 heteroatoms. The van der Waals surface area contributed by atoms with Crippen LogP contribution >= 0.6 is 0 Å². The number of piperidine rings is 1. The highest BCUT2D eigenvalue weighted by Crippen LogP contribution is 2.33. The summed E-state index contributed by atoms with van der Waals surface area (Å²) in [5.41, 5.74) is 5.20. The van der Waals surface area contributed by atoms with Crippen molar-refractivity contribution in [3.8, 4) is 0 Å². The van der Waals surface area contributed by atoms with E-state index >= 15 is 0 Å². The number of aliphatic imine (C=N–C) groups is 1. The van der Waals surface area contributed by atoms with E-state index in [1.54, 1.807) is 24.4 Å². The molecule has 0 aromatic heterocycles. The molecule has 6 nitrogen and oxygen atoms in total. The number of nitrogens with zero attached hydrogens (tertiary/aromatic N) is 2. The van der Waals surface area contributed by atoms with Gasteiger partial charge in [0.1, 0.15) is 5.92 Å². The average molecular weight is 495 g/mol. The molecule has 1 fully saturated rings. The maximum Gasteiger partial charge on any atom is 0.251 e. The Morgan fingerprint density at radius 2 is 1.81 bits per heavy atom. The van der Waals surface area contributed by atoms with Crippen molar-refractivity contribution in [3.05, 3.63) is 95.1 Å². The van der Waals surface area contributed by atoms with Gasteiger partial charge in [0.05, 0.1) is 11.7 Å². The molecule has 1 unspecified atom stereocenters. The van der Waals surface area contributed by atoms with Crippen LogP contribution in [0.2, 0.25) is 0 Å². The molecule has 2 atom stereocenters. The molecule has 5 rings (SSSR count). The van der Waals surface area contributed by atoms with Gasteiger partial charge in [-0.2, -0.15) is 0 Å². The minimum atomic E-state index is -0.535. The summed E-state index contributed by atoms with van der Waals surface area (Å²) in [7, 11) is 0. The smallest absolute Gasteiger partial charge is 0.251 e. The normalized spacial score (nSPS) is 18.4. The van der Waals surface area contributed by atoms with Crippen LogP contribution in [0.4, 0.5) is 11.4 Å². The second-order valence-corrected chi connectivity index (χ2v) is 9.90. The lowest BCUT2D eigenvalue weighted by Gasteiger charge is -2.26. The first-order valence-electron chi connectivity index (χ1n) is 13.3. The van der Waals surface area contributed by atoms with Crippen molar-refractivity contribution in [2.45, 2.75) is 51.1 Å². The first-order valence-corrected chi connectivity index (χ1v) is 13.3. The van der Waals surface area contributed by atoms with E-state index in [2.05, 4.69) is 39.6 Å². The molecule has 37 heavy (non-hydrogen) atoms. The number of carbonyl (C=O) groups excluding carboxylic acids is 2. The van der Waals surface area contributed by atoms with Gasteiger partial charge in [0.15, 0.2) is 0 Å². The van der Waals surface area contributed by atoms with Crippen molar-refractivity contribution >= 4 is 29.4 Å². The number of anilines is 1. The highest BCUT2D eigenvalue weighted by molar-refractivity contribution is 6.13. The number of benzene rings is 3. The minimum Gasteiger partial charge on any atom is -0.345 e. The molecule has 0 spiro atoms. The van der Waals surface area contributed by atoms with Gasteiger partial charge in [-0.3, -0.25) is 19.5 Å². The monoisotopic (exact) mass is 494 g/mol. The van der Waals surface area contributed by atoms with Crippen LogP contribution in [0.1, 0.15) is 71.6 Å². The SMILES string of the molecule is CC[C@@H](NC(=O)c1ccc2c(c1)C(C=Nc1ccc(CN3CCCCC3)cc1)C(=O)N2)c1ccccc1. The molecule has 0 bridgehead atoms. The Morgan fingerprint density at radius 3 is 2.54 bits per heavy atom. The molecular weight excluding hydrogens is 460 g/mol. The predicted molar refractivity (Wildman–Crippen MR) is 148 cm³/mol. The Bertz CT molecular complexity index is 1260. The zero-order valence-corrected chi connectivity index (χ0v) is 21.3. The highest BCUT2D eigenvalue weighted by Gasteiger charge is 2.30. The van der Waals surface area contributed by atoms with E-state index in [4.69, 9.17) is 0 Å². The summed E-state index contributed by atoms with van der Waals surface area (Å²) < 4.78 is 0. The Kier molecular flexibility index (Phi) is 7.76. The predicted octanol–water partition coefficient (Wildman–Crippen LogP) is 5.99. The topological polar surface area (TPSA) is 73.8 Å². The van der Waals surface area contributed by atoms with E-state index in [0.29, 0.717) is 5.56 Å². The number of carbonyl (C=O) groups is 2. The Balaban J connectivity index is 1.27. The quantitative estimate of drug-likeness (QED) is 0.378. The highest BCUT2D eigenvalue weighted by atomic mass is 16.2. The molecule has 2 N–H and O–H groups in total. The third kappa shape index (κ3) is 5.97. The summed E-state index contributed by atoms with van der Waals surface area (Å²) in [6.45, 7) is 5.36. The molecule has 2 aliphatic heterocycles. The summed E-state index contributed by atoms with van der Waals surface area (Å²) in [6, 6.07) is 23.5. The molecule has 0 saturated carbocycles. The fraction of sp³-hybridized carbons (Fsp3) is 0.323. The van der Waals surface area contributed by atoms with E-state index in [1.165, 1.54) is 37.9 Å². The van der Waals surface area contributed by atoms with Gasteiger partial charge in [-0.05, 0) is 79.4 Å². The largest absolute Gasteiger partial charge is 0.345 e. The van der Waals surface area contributed by atoms with Crippen LogP contribution in [0, 0.1) is 0 Å². The zero-order chi connectivity index (χ0) is 25.6. The Morgan fingerprint density at radius 1 is 1.05 bits per heavy atom. The lowest BCUT2D eigenvalue weighted by molar-refractivity contribution is -0.115. The first-order chi connectivity index (χ1) is 18.1. The van der Waals surface area contributed by atoms with Crippen LogP contribution < -0.4 is 10.6 Å². The van der Waals surface area contributed by atoms with Gasteiger partial charge in [0.25, 0.3) is 5.91 Å². The zero-order valence-electron chi connectivity index (χ0n) is 21.3. The van der Waals surface area contributed by atoms with Gasteiger partial charge < -0.3 is 10.6 Å². The summed E-state index contributed by atoms with van der Waals surface area (Å²) in [5, 5.41) is 6.04. The van der Waals surface area contributed by atoms with Gasteiger partial charge in [0, 0.05) is 24.0 Å². The van der Waals surface area contributed by atoms with Crippen LogP contribution in [0.5, 0.6) is 0 Å². The van der Waals surface area contributed by atoms with Gasteiger partial charge >= 0.3 is 0 Å². The Hall–Kier alpha value is -3.77. The lowest BCUT2D eigenvalue weighted by atomic mass is 9.98. The van der Waals surface area contributed by atoms with E-state index in [-0.39, 0.29) is 17.9 Å². The first kappa shape index (κ1) is 24.9. The van der Waals surface area contributed by atoms with Crippen molar-refractivity contribution in [2.24, 2.45) is 4.99 Å². The molecule has 190 valence electrons. The molecule has 0 radical (unpaired) electrons. The molecule has 2 aliphatic rings. The molecule has 0 aliphatic carbocycles. The van der Waals surface area contributed by atoms with E-state index in [0.717, 1.165) is 35.5 Å². The Labute approximate surface area is 218 Å². The number of rotatable bonds is 8. The summed E-state index contributed by atoms with van der Waals surface area (Å²) in [4.78, 5) is 32.9. The van der Waals surface area contributed by atoms with Crippen molar-refractivity contribution in [1.29, 1.82) is 0 Å². The van der Waals surface area contributed by atoms with Gasteiger partial charge in [-0.25, -0.2) is 0 Å². The van der Waals surface area contributed by atoms with Gasteiger partial charge in [0.2, 0.25) is 5.91 Å². The average Bonchev–Trinajstić information content (AvgIpc) is 3.26. The van der Waals surface area contributed by atoms with Crippen molar-refractivity contribution in [1.82, 2.24) is 10.2 Å². The van der Waals surface area contributed by atoms with Crippen LogP contribution in [0.25, 0.3) is 0 Å². The van der Waals surface area contributed by atoms with Gasteiger partial charge in [-0.15, -0.1) is 0 Å². The summed E-state index contributed by atoms with van der Waals surface area (Å²) in [5.74, 6) is -0.821. The van der Waals surface area contributed by atoms with Crippen LogP contribution in [-0.2, 0) is 11.3 Å². The summed E-state index contributed by atoms with van der Waals surface area (Å²) in [6.07, 6.45) is 6.36. The maximum absolute atomic E-state index is 13.1. The van der Waals surface area contributed by atoms with E-state index in [1.807, 2.05) is 42.5 Å². The van der Waals surface area contributed by atoms with E-state index < -0.39 is 5.92 Å². The second-order valence-electron chi connectivity index (χ2n) is 9.90. The van der Waals surface area contributed by atoms with Crippen molar-refractivity contribution in [3.63, 3.8) is 0 Å². The third-order valence-electron chi connectivity index (χ3n) is 7.27. The lowest BCUT2D eigenvalue weighted by Crippen LogP contribution is -2.28. The van der Waals surface area contributed by atoms with Crippen LogP contribution in [-0.4, -0.2) is 36.0 Å². The summed E-state index contributed by atoms with van der Waals surface area (Å²) >= 11 is 0. The number of nitrogens with one attached hydrogen (secondary N) is 2. The van der Waals surface area contributed by atoms with Crippen LogP contribution in [0.3, 0.4) is 0 Å².